The van der Waals surface area contributed by atoms with E-state index in [0.29, 0.717) is 38.2 Å². The second-order valence-corrected chi connectivity index (χ2v) is 12.4. The van der Waals surface area contributed by atoms with Crippen LogP contribution in [-0.2, 0) is 16.6 Å². The molecule has 0 aromatic carbocycles. The van der Waals surface area contributed by atoms with Gasteiger partial charge in [-0.2, -0.15) is 0 Å². The lowest BCUT2D eigenvalue weighted by Crippen LogP contribution is -2.70. The normalized spacial score (nSPS) is 20.8. The van der Waals surface area contributed by atoms with Crippen molar-refractivity contribution in [1.29, 1.82) is 0 Å². The molecule has 40 heavy (non-hydrogen) atoms. The fourth-order valence-electron chi connectivity index (χ4n) is 4.25. The van der Waals surface area contributed by atoms with Gasteiger partial charge in [0.2, 0.25) is 16.9 Å². The van der Waals surface area contributed by atoms with Crippen LogP contribution in [0.15, 0.2) is 33.7 Å². The van der Waals surface area contributed by atoms with Crippen LogP contribution >= 0.6 is 33.8 Å². The minimum Gasteiger partial charge on any atom is -0.493 e. The van der Waals surface area contributed by atoms with E-state index >= 15 is 0 Å². The zero-order valence-corrected chi connectivity index (χ0v) is 23.0. The van der Waals surface area contributed by atoms with Crippen LogP contribution in [0.1, 0.15) is 23.8 Å². The van der Waals surface area contributed by atoms with E-state index in [1.807, 2.05) is 0 Å². The Hall–Kier alpha value is -4.17. The summed E-state index contributed by atoms with van der Waals surface area (Å²) in [5, 5.41) is 36.7. The Morgan fingerprint density at radius 3 is 2.77 bits per heavy atom. The Kier molecular flexibility index (Phi) is 7.63. The number of aromatic nitrogens is 6. The van der Waals surface area contributed by atoms with Gasteiger partial charge >= 0.3 is 17.0 Å². The highest BCUT2D eigenvalue weighted by molar-refractivity contribution is 8.27. The number of amides is 4. The van der Waals surface area contributed by atoms with Crippen molar-refractivity contribution in [1.82, 2.24) is 44.8 Å². The Balaban J connectivity index is 1.28. The van der Waals surface area contributed by atoms with Crippen LogP contribution in [0.25, 0.3) is 0 Å². The van der Waals surface area contributed by atoms with E-state index in [-0.39, 0.29) is 0 Å². The molecule has 0 saturated carbocycles. The fraction of sp³-hybridized carbons (Fsp3) is 0.350. The zero-order valence-electron chi connectivity index (χ0n) is 20.5. The lowest BCUT2D eigenvalue weighted by atomic mass is 9.93. The number of urea groups is 1. The summed E-state index contributed by atoms with van der Waals surface area (Å²) in [6.45, 7) is 0. The first-order chi connectivity index (χ1) is 19.1. The molecule has 5 heterocycles. The van der Waals surface area contributed by atoms with Gasteiger partial charge in [0.15, 0.2) is 0 Å². The monoisotopic (exact) mass is 610 g/mol. The van der Waals surface area contributed by atoms with Crippen molar-refractivity contribution in [2.45, 2.75) is 36.1 Å². The van der Waals surface area contributed by atoms with Crippen LogP contribution in [-0.4, -0.2) is 90.2 Å². The van der Waals surface area contributed by atoms with E-state index in [4.69, 9.17) is 0 Å². The Bertz CT molecular complexity index is 1560. The molecule has 0 radical (unpaired) electrons. The summed E-state index contributed by atoms with van der Waals surface area (Å²) in [7, 11) is 0.172. The summed E-state index contributed by atoms with van der Waals surface area (Å²) < 4.78 is 3.46. The third kappa shape index (κ3) is 5.31. The molecule has 4 atom stereocenters. The number of rotatable bonds is 8. The summed E-state index contributed by atoms with van der Waals surface area (Å²) in [6, 6.07) is -0.333. The Morgan fingerprint density at radius 1 is 1.35 bits per heavy atom. The molecule has 4 amide bonds. The smallest absolute Gasteiger partial charge is 0.378 e. The predicted molar refractivity (Wildman–Crippen MR) is 144 cm³/mol. The van der Waals surface area contributed by atoms with Crippen molar-refractivity contribution in [3.8, 4) is 5.88 Å². The van der Waals surface area contributed by atoms with Crippen molar-refractivity contribution < 1.29 is 29.4 Å². The van der Waals surface area contributed by atoms with Crippen molar-refractivity contribution in [2.24, 2.45) is 7.05 Å². The van der Waals surface area contributed by atoms with Crippen molar-refractivity contribution in [3.63, 3.8) is 0 Å². The molecular weight excluding hydrogens is 588 g/mol. The number of aromatic hydroxyl groups is 1. The SMILES string of the molecule is Cn1nnnc1SCC1=S(C(=O)O)N2C(=O)[C@H](NC(=O)C(NC(=O)Nn3cc(O)[nH]c3=O)c3cccs3)C2CC1. The molecule has 3 unspecified atom stereocenters. The standard InChI is InChI=1S/C20H22N10O7S3/c1-28-19(24-26-27-28)39-8-9-4-5-10-13(16(33)30(10)40(9)20(36)37)22-15(32)14(11-3-2-6-38-11)23-17(34)25-29-7-12(31)21-18(29)35/h2-3,6-7,10,13-14,31H,4-5,8H2,1H3,(H,21,35)(H,22,32)(H,36,37)(H2,23,25,34)/t10?,13-,14?,40?/m1/s1. The lowest BCUT2D eigenvalue weighted by molar-refractivity contribution is -0.145. The van der Waals surface area contributed by atoms with Gasteiger partial charge < -0.3 is 20.8 Å². The number of fused-ring (bicyclic) bond motifs is 1. The molecule has 212 valence electrons. The van der Waals surface area contributed by atoms with E-state index < -0.39 is 63.5 Å². The molecule has 2 aliphatic heterocycles. The summed E-state index contributed by atoms with van der Waals surface area (Å²) in [5.41, 5.74) is 1.39. The van der Waals surface area contributed by atoms with Crippen molar-refractivity contribution in [2.75, 3.05) is 11.2 Å². The average molecular weight is 611 g/mol. The molecule has 0 aliphatic carbocycles. The zero-order chi connectivity index (χ0) is 28.6. The molecule has 20 heteroatoms. The molecule has 6 N–H and O–H groups in total. The number of thiophene rings is 1. The van der Waals surface area contributed by atoms with Gasteiger partial charge in [0.05, 0.1) is 12.2 Å². The number of tetrazole rings is 1. The van der Waals surface area contributed by atoms with Gasteiger partial charge in [-0.15, -0.1) is 16.4 Å². The van der Waals surface area contributed by atoms with Gasteiger partial charge in [0.1, 0.15) is 12.1 Å². The maximum Gasteiger partial charge on any atom is 0.378 e. The number of aryl methyl sites for hydroxylation is 1. The third-order valence-corrected chi connectivity index (χ3v) is 10.3. The van der Waals surface area contributed by atoms with Crippen LogP contribution in [0.4, 0.5) is 9.59 Å². The van der Waals surface area contributed by atoms with Gasteiger partial charge in [-0.05, 0) is 39.6 Å². The molecule has 1 saturated heterocycles. The van der Waals surface area contributed by atoms with Crippen molar-refractivity contribution >= 4 is 61.8 Å². The lowest BCUT2D eigenvalue weighted by Gasteiger charge is -2.50. The van der Waals surface area contributed by atoms with Gasteiger partial charge in [-0.3, -0.25) is 18.9 Å². The number of β-lactam (4-membered cyclic amide) rings is 1. The number of nitrogens with zero attached hydrogens (tertiary/aromatic N) is 6. The van der Waals surface area contributed by atoms with Crippen LogP contribution in [0, 0.1) is 0 Å². The number of carbonyl (C=O) groups is 4. The van der Waals surface area contributed by atoms with E-state index in [2.05, 4.69) is 36.6 Å². The number of hydrogen-bond donors (Lipinski definition) is 6. The second-order valence-electron chi connectivity index (χ2n) is 8.57. The van der Waals surface area contributed by atoms with E-state index in [0.717, 1.165) is 6.20 Å². The number of carboxylic acid groups (broad SMARTS) is 1. The average Bonchev–Trinajstić information content (AvgIpc) is 3.66. The Morgan fingerprint density at radius 2 is 2.15 bits per heavy atom. The number of carbonyl (C=O) groups excluding carboxylic acids is 3. The minimum absolute atomic E-state index is 0.318. The summed E-state index contributed by atoms with van der Waals surface area (Å²) in [4.78, 5) is 66.1. The van der Waals surface area contributed by atoms with Gasteiger partial charge in [0.25, 0.3) is 5.91 Å². The number of imidazole rings is 1. The van der Waals surface area contributed by atoms with E-state index in [1.54, 1.807) is 24.6 Å². The molecule has 0 spiro atoms. The van der Waals surface area contributed by atoms with Gasteiger partial charge in [-0.1, -0.05) is 17.8 Å². The number of H-pyrrole nitrogens is 1. The first-order valence-electron chi connectivity index (χ1n) is 11.6. The largest absolute Gasteiger partial charge is 0.493 e. The second kappa shape index (κ2) is 11.1. The first kappa shape index (κ1) is 27.4. The summed E-state index contributed by atoms with van der Waals surface area (Å²) >= 11 is 2.47. The van der Waals surface area contributed by atoms with Crippen LogP contribution < -0.4 is 21.7 Å². The topological polar surface area (TPSA) is 229 Å². The summed E-state index contributed by atoms with van der Waals surface area (Å²) in [5.74, 6) is -1.37. The highest BCUT2D eigenvalue weighted by Gasteiger charge is 2.53. The fourth-order valence-corrected chi connectivity index (χ4v) is 8.20. The number of nitrogens with one attached hydrogen (secondary N) is 4. The number of hydrogen-bond acceptors (Lipinski definition) is 11. The van der Waals surface area contributed by atoms with Gasteiger partial charge in [-0.25, -0.2) is 29.2 Å². The summed E-state index contributed by atoms with van der Waals surface area (Å²) in [6.07, 6.45) is 1.82. The highest BCUT2D eigenvalue weighted by atomic mass is 32.2. The molecule has 5 rings (SSSR count). The molecule has 3 aromatic heterocycles. The number of aromatic amines is 1. The maximum atomic E-state index is 13.3. The number of thioether (sulfide) groups is 1. The van der Waals surface area contributed by atoms with Crippen molar-refractivity contribution in [3.05, 3.63) is 39.1 Å². The van der Waals surface area contributed by atoms with Gasteiger partial charge in [0, 0.05) is 28.3 Å². The molecule has 1 fully saturated rings. The highest BCUT2D eigenvalue weighted by Crippen LogP contribution is 2.43. The predicted octanol–water partition coefficient (Wildman–Crippen LogP) is -0.223. The van der Waals surface area contributed by atoms with Crippen LogP contribution in [0.2, 0.25) is 0 Å². The molecule has 3 aromatic rings. The van der Waals surface area contributed by atoms with E-state index in [9.17, 15) is 34.2 Å². The third-order valence-electron chi connectivity index (χ3n) is 6.06. The van der Waals surface area contributed by atoms with Crippen LogP contribution in [0.3, 0.4) is 0 Å². The minimum atomic E-state index is -1.49. The van der Waals surface area contributed by atoms with Crippen LogP contribution in [0.5, 0.6) is 5.88 Å². The molecule has 2 aliphatic rings. The molecule has 17 nitrogen and oxygen atoms in total. The first-order valence-corrected chi connectivity index (χ1v) is 14.6. The van der Waals surface area contributed by atoms with E-state index in [1.165, 1.54) is 32.1 Å². The molecular formula is C20H22N10O7S3. The quantitative estimate of drug-likeness (QED) is 0.111. The maximum absolute atomic E-state index is 13.3. The Labute approximate surface area is 235 Å². The molecule has 0 bridgehead atoms.